The Labute approximate surface area is 94.2 Å². The molecule has 0 bridgehead atoms. The van der Waals surface area contributed by atoms with Crippen molar-refractivity contribution in [1.29, 1.82) is 0 Å². The van der Waals surface area contributed by atoms with Crippen LogP contribution in [0, 0.1) is 0 Å². The van der Waals surface area contributed by atoms with Gasteiger partial charge in [-0.3, -0.25) is 0 Å². The molecule has 0 atom stereocenters. The molecule has 1 aliphatic rings. The Morgan fingerprint density at radius 2 is 2.00 bits per heavy atom. The lowest BCUT2D eigenvalue weighted by Crippen LogP contribution is -2.41. The Hall–Kier alpha value is -0.120. The molecule has 3 heteroatoms. The summed E-state index contributed by atoms with van der Waals surface area (Å²) in [4.78, 5) is 2.40. The number of hydrogen-bond donors (Lipinski definition) is 1. The van der Waals surface area contributed by atoms with Crippen LogP contribution in [0.15, 0.2) is 0 Å². The van der Waals surface area contributed by atoms with E-state index in [1.165, 1.54) is 38.8 Å². The van der Waals surface area contributed by atoms with Crippen LogP contribution in [0.5, 0.6) is 0 Å². The zero-order valence-electron chi connectivity index (χ0n) is 10.3. The van der Waals surface area contributed by atoms with Crippen LogP contribution in [-0.4, -0.2) is 50.8 Å². The molecule has 0 aliphatic carbocycles. The van der Waals surface area contributed by atoms with Crippen LogP contribution < -0.4 is 5.32 Å². The minimum absolute atomic E-state index is 0.718. The highest BCUT2D eigenvalue weighted by Crippen LogP contribution is 2.07. The van der Waals surface area contributed by atoms with Crippen molar-refractivity contribution in [2.24, 2.45) is 0 Å². The summed E-state index contributed by atoms with van der Waals surface area (Å²) in [5.41, 5.74) is 0. The Balaban J connectivity index is 1.87. The van der Waals surface area contributed by atoms with E-state index in [9.17, 15) is 0 Å². The standard InChI is InChI=1S/C12H26N2O/c1-3-4-10-15-11-7-13-12-5-8-14(2)9-6-12/h12-13H,3-11H2,1-2H3. The van der Waals surface area contributed by atoms with Crippen LogP contribution in [0.25, 0.3) is 0 Å². The van der Waals surface area contributed by atoms with Gasteiger partial charge in [0.05, 0.1) is 6.61 Å². The number of ether oxygens (including phenoxy) is 1. The van der Waals surface area contributed by atoms with Crippen LogP contribution in [0.2, 0.25) is 0 Å². The van der Waals surface area contributed by atoms with Gasteiger partial charge in [0.2, 0.25) is 0 Å². The van der Waals surface area contributed by atoms with Crippen LogP contribution in [0.1, 0.15) is 32.6 Å². The average Bonchev–Trinajstić information content (AvgIpc) is 2.26. The molecule has 1 N–H and O–H groups in total. The topological polar surface area (TPSA) is 24.5 Å². The molecule has 1 aliphatic heterocycles. The van der Waals surface area contributed by atoms with E-state index in [-0.39, 0.29) is 0 Å². The lowest BCUT2D eigenvalue weighted by molar-refractivity contribution is 0.127. The molecule has 0 unspecified atom stereocenters. The van der Waals surface area contributed by atoms with E-state index in [0.29, 0.717) is 0 Å². The highest BCUT2D eigenvalue weighted by molar-refractivity contribution is 4.74. The molecule has 0 spiro atoms. The van der Waals surface area contributed by atoms with E-state index in [1.807, 2.05) is 0 Å². The van der Waals surface area contributed by atoms with Gasteiger partial charge in [-0.2, -0.15) is 0 Å². The number of hydrogen-bond acceptors (Lipinski definition) is 3. The molecule has 1 heterocycles. The zero-order valence-corrected chi connectivity index (χ0v) is 10.3. The fourth-order valence-corrected chi connectivity index (χ4v) is 1.90. The summed E-state index contributed by atoms with van der Waals surface area (Å²) in [5, 5.41) is 3.57. The van der Waals surface area contributed by atoms with Gasteiger partial charge in [-0.1, -0.05) is 13.3 Å². The van der Waals surface area contributed by atoms with E-state index in [4.69, 9.17) is 4.74 Å². The quantitative estimate of drug-likeness (QED) is 0.650. The van der Waals surface area contributed by atoms with Crippen molar-refractivity contribution in [2.75, 3.05) is 39.9 Å². The Morgan fingerprint density at radius 1 is 1.27 bits per heavy atom. The molecule has 0 radical (unpaired) electrons. The molecule has 0 saturated carbocycles. The fraction of sp³-hybridized carbons (Fsp3) is 1.00. The Morgan fingerprint density at radius 3 is 2.67 bits per heavy atom. The summed E-state index contributed by atoms with van der Waals surface area (Å²) in [6.45, 7) is 7.46. The molecular formula is C12H26N2O. The molecule has 0 amide bonds. The SMILES string of the molecule is CCCCOCCNC1CCN(C)CC1. The molecular weight excluding hydrogens is 188 g/mol. The maximum atomic E-state index is 5.51. The van der Waals surface area contributed by atoms with E-state index in [2.05, 4.69) is 24.2 Å². The second kappa shape index (κ2) is 8.08. The van der Waals surface area contributed by atoms with Gasteiger partial charge in [-0.05, 0) is 39.4 Å². The first-order valence-corrected chi connectivity index (χ1v) is 6.32. The molecule has 15 heavy (non-hydrogen) atoms. The molecule has 0 aromatic carbocycles. The van der Waals surface area contributed by atoms with Gasteiger partial charge in [-0.25, -0.2) is 0 Å². The summed E-state index contributed by atoms with van der Waals surface area (Å²) in [6, 6.07) is 0.718. The number of unbranched alkanes of at least 4 members (excludes halogenated alkanes) is 1. The molecule has 1 rings (SSSR count). The van der Waals surface area contributed by atoms with Gasteiger partial charge < -0.3 is 15.0 Å². The van der Waals surface area contributed by atoms with E-state index >= 15 is 0 Å². The summed E-state index contributed by atoms with van der Waals surface area (Å²) in [7, 11) is 2.20. The summed E-state index contributed by atoms with van der Waals surface area (Å²) in [6.07, 6.45) is 4.98. The fourth-order valence-electron chi connectivity index (χ4n) is 1.90. The van der Waals surface area contributed by atoms with Crippen molar-refractivity contribution < 1.29 is 4.74 Å². The second-order valence-electron chi connectivity index (χ2n) is 4.50. The first-order chi connectivity index (χ1) is 7.33. The zero-order chi connectivity index (χ0) is 10.9. The van der Waals surface area contributed by atoms with E-state index < -0.39 is 0 Å². The molecule has 1 saturated heterocycles. The summed E-state index contributed by atoms with van der Waals surface area (Å²) in [5.74, 6) is 0. The molecule has 0 aromatic rings. The monoisotopic (exact) mass is 214 g/mol. The van der Waals surface area contributed by atoms with Crippen molar-refractivity contribution in [3.05, 3.63) is 0 Å². The van der Waals surface area contributed by atoms with Crippen molar-refractivity contribution in [3.63, 3.8) is 0 Å². The number of rotatable bonds is 7. The first kappa shape index (κ1) is 12.9. The summed E-state index contributed by atoms with van der Waals surface area (Å²) >= 11 is 0. The van der Waals surface area contributed by atoms with Gasteiger partial charge >= 0.3 is 0 Å². The maximum Gasteiger partial charge on any atom is 0.0591 e. The highest BCUT2D eigenvalue weighted by Gasteiger charge is 2.15. The van der Waals surface area contributed by atoms with Gasteiger partial charge in [0.15, 0.2) is 0 Å². The predicted octanol–water partition coefficient (Wildman–Crippen LogP) is 1.49. The average molecular weight is 214 g/mol. The first-order valence-electron chi connectivity index (χ1n) is 6.32. The molecule has 90 valence electrons. The third kappa shape index (κ3) is 6.13. The smallest absolute Gasteiger partial charge is 0.0591 e. The third-order valence-electron chi connectivity index (χ3n) is 3.04. The minimum Gasteiger partial charge on any atom is -0.380 e. The largest absolute Gasteiger partial charge is 0.380 e. The van der Waals surface area contributed by atoms with Gasteiger partial charge in [0.25, 0.3) is 0 Å². The number of nitrogens with zero attached hydrogens (tertiary/aromatic N) is 1. The lowest BCUT2D eigenvalue weighted by Gasteiger charge is -2.29. The predicted molar refractivity (Wildman–Crippen MR) is 64.2 cm³/mol. The lowest BCUT2D eigenvalue weighted by atomic mass is 10.1. The normalized spacial score (nSPS) is 19.6. The van der Waals surface area contributed by atoms with Crippen LogP contribution in [-0.2, 0) is 4.74 Å². The third-order valence-corrected chi connectivity index (χ3v) is 3.04. The highest BCUT2D eigenvalue weighted by atomic mass is 16.5. The van der Waals surface area contributed by atoms with E-state index in [0.717, 1.165) is 25.8 Å². The second-order valence-corrected chi connectivity index (χ2v) is 4.50. The molecule has 1 fully saturated rings. The maximum absolute atomic E-state index is 5.51. The van der Waals surface area contributed by atoms with E-state index in [1.54, 1.807) is 0 Å². The Bertz CT molecular complexity index is 145. The van der Waals surface area contributed by atoms with Gasteiger partial charge in [0.1, 0.15) is 0 Å². The van der Waals surface area contributed by atoms with Crippen molar-refractivity contribution in [2.45, 2.75) is 38.6 Å². The minimum atomic E-state index is 0.718. The van der Waals surface area contributed by atoms with Crippen molar-refractivity contribution in [1.82, 2.24) is 10.2 Å². The van der Waals surface area contributed by atoms with Crippen LogP contribution in [0.4, 0.5) is 0 Å². The van der Waals surface area contributed by atoms with Crippen molar-refractivity contribution in [3.8, 4) is 0 Å². The Kier molecular flexibility index (Phi) is 6.98. The molecule has 0 aromatic heterocycles. The number of likely N-dealkylation sites (tertiary alicyclic amines) is 1. The number of piperidine rings is 1. The van der Waals surface area contributed by atoms with Crippen LogP contribution in [0.3, 0.4) is 0 Å². The van der Waals surface area contributed by atoms with Gasteiger partial charge in [-0.15, -0.1) is 0 Å². The number of nitrogens with one attached hydrogen (secondary N) is 1. The summed E-state index contributed by atoms with van der Waals surface area (Å²) < 4.78 is 5.51. The van der Waals surface area contributed by atoms with Gasteiger partial charge in [0, 0.05) is 19.2 Å². The van der Waals surface area contributed by atoms with Crippen molar-refractivity contribution >= 4 is 0 Å². The molecule has 3 nitrogen and oxygen atoms in total. The van der Waals surface area contributed by atoms with Crippen LogP contribution >= 0.6 is 0 Å².